The Balaban J connectivity index is 1.81. The molecule has 0 radical (unpaired) electrons. The molecule has 1 atom stereocenters. The van der Waals surface area contributed by atoms with Crippen LogP contribution >= 0.6 is 0 Å². The third-order valence-electron chi connectivity index (χ3n) is 5.65. The molecule has 1 saturated heterocycles. The van der Waals surface area contributed by atoms with Crippen LogP contribution in [0.3, 0.4) is 0 Å². The summed E-state index contributed by atoms with van der Waals surface area (Å²) < 4.78 is 0. The average molecular weight is 280 g/mol. The summed E-state index contributed by atoms with van der Waals surface area (Å²) in [4.78, 5) is 6.29. The fourth-order valence-corrected chi connectivity index (χ4v) is 4.30. The molecule has 2 heteroatoms. The Hall–Kier alpha value is -1.70. The van der Waals surface area contributed by atoms with Gasteiger partial charge in [-0.1, -0.05) is 25.1 Å². The minimum absolute atomic E-state index is 0.393. The van der Waals surface area contributed by atoms with Crippen LogP contribution in [0.4, 0.5) is 0 Å². The number of nitrogens with one attached hydrogen (secondary N) is 1. The van der Waals surface area contributed by atoms with Crippen LogP contribution in [0.25, 0.3) is 17.0 Å². The number of hydrogen-bond donors (Lipinski definition) is 1. The lowest BCUT2D eigenvalue weighted by atomic mass is 9.79. The number of H-pyrrole nitrogens is 1. The Morgan fingerprint density at radius 1 is 1.19 bits per heavy atom. The van der Waals surface area contributed by atoms with Crippen LogP contribution in [0.15, 0.2) is 30.5 Å². The van der Waals surface area contributed by atoms with Crippen molar-refractivity contribution in [1.29, 1.82) is 0 Å². The highest BCUT2D eigenvalue weighted by atomic mass is 15.2. The van der Waals surface area contributed by atoms with Gasteiger partial charge < -0.3 is 9.88 Å². The first-order valence-corrected chi connectivity index (χ1v) is 8.37. The van der Waals surface area contributed by atoms with E-state index in [0.29, 0.717) is 5.54 Å². The van der Waals surface area contributed by atoms with Crippen molar-refractivity contribution in [3.63, 3.8) is 0 Å². The number of aromatic amines is 1. The first-order valence-electron chi connectivity index (χ1n) is 8.37. The lowest BCUT2D eigenvalue weighted by molar-refractivity contribution is 0.0814. The molecule has 2 aliphatic rings. The number of fused-ring (bicyclic) bond motifs is 4. The number of aryl methyl sites for hydroxylation is 1. The summed E-state index contributed by atoms with van der Waals surface area (Å²) in [5.41, 5.74) is 4.49. The number of benzene rings is 1. The van der Waals surface area contributed by atoms with E-state index in [1.165, 1.54) is 67.2 Å². The van der Waals surface area contributed by atoms with E-state index in [-0.39, 0.29) is 0 Å². The van der Waals surface area contributed by atoms with Crippen LogP contribution in [0, 0.1) is 0 Å². The number of aromatic nitrogens is 1. The zero-order valence-corrected chi connectivity index (χ0v) is 12.9. The molecule has 3 heterocycles. The van der Waals surface area contributed by atoms with Crippen LogP contribution < -0.4 is 0 Å². The normalized spacial score (nSPS) is 26.8. The van der Waals surface area contributed by atoms with Gasteiger partial charge >= 0.3 is 0 Å². The van der Waals surface area contributed by atoms with E-state index in [0.717, 1.165) is 0 Å². The molecule has 0 aliphatic carbocycles. The molecule has 110 valence electrons. The zero-order valence-electron chi connectivity index (χ0n) is 12.9. The average Bonchev–Trinajstić information content (AvgIpc) is 2.87. The Kier molecular flexibility index (Phi) is 3.06. The number of rotatable bonds is 1. The summed E-state index contributed by atoms with van der Waals surface area (Å²) in [6.07, 6.45) is 12.5. The highest BCUT2D eigenvalue weighted by Gasteiger charge is 2.36. The fraction of sp³-hybridized carbons (Fsp3) is 0.474. The molecule has 0 bridgehead atoms. The molecule has 1 aromatic heterocycles. The van der Waals surface area contributed by atoms with Crippen molar-refractivity contribution in [3.05, 3.63) is 41.7 Å². The second kappa shape index (κ2) is 4.94. The van der Waals surface area contributed by atoms with E-state index in [1.54, 1.807) is 0 Å². The van der Waals surface area contributed by atoms with Gasteiger partial charge in [-0.2, -0.15) is 0 Å². The summed E-state index contributed by atoms with van der Waals surface area (Å²) in [7, 11) is 0. The van der Waals surface area contributed by atoms with E-state index in [2.05, 4.69) is 53.3 Å². The molecule has 2 nitrogen and oxygen atoms in total. The monoisotopic (exact) mass is 280 g/mol. The van der Waals surface area contributed by atoms with E-state index in [9.17, 15) is 0 Å². The zero-order chi connectivity index (χ0) is 14.3. The molecule has 0 amide bonds. The molecule has 2 aromatic rings. The summed E-state index contributed by atoms with van der Waals surface area (Å²) in [5.74, 6) is 0. The standard InChI is InChI=1S/C19H24N2/c1-2-19-11-5-6-13-21(19)14-10-16-15-7-3-4-8-17(15)20-18(16)9-12-19/h3-4,7-8,10,14,20H,2,5-6,9,11-13H2,1H3/b14-10-. The Bertz CT molecular complexity index is 682. The SMILES string of the molecule is CCC12CCCCN1/C=C\c1c([nH]c3ccccc13)CC2. The molecule has 4 rings (SSSR count). The fourth-order valence-electron chi connectivity index (χ4n) is 4.30. The second-order valence-corrected chi connectivity index (χ2v) is 6.61. The quantitative estimate of drug-likeness (QED) is 0.801. The number of para-hydroxylation sites is 1. The molecule has 21 heavy (non-hydrogen) atoms. The second-order valence-electron chi connectivity index (χ2n) is 6.61. The third-order valence-corrected chi connectivity index (χ3v) is 5.65. The minimum Gasteiger partial charge on any atom is -0.372 e. The molecule has 1 fully saturated rings. The highest BCUT2D eigenvalue weighted by molar-refractivity contribution is 5.90. The van der Waals surface area contributed by atoms with Gasteiger partial charge in [-0.3, -0.25) is 0 Å². The van der Waals surface area contributed by atoms with Crippen molar-refractivity contribution < 1.29 is 0 Å². The van der Waals surface area contributed by atoms with Gasteiger partial charge in [0.2, 0.25) is 0 Å². The van der Waals surface area contributed by atoms with Gasteiger partial charge in [0.05, 0.1) is 0 Å². The van der Waals surface area contributed by atoms with Crippen molar-refractivity contribution in [3.8, 4) is 0 Å². The minimum atomic E-state index is 0.393. The van der Waals surface area contributed by atoms with Gasteiger partial charge in [-0.15, -0.1) is 0 Å². The molecule has 2 aliphatic heterocycles. The lowest BCUT2D eigenvalue weighted by Crippen LogP contribution is -2.49. The highest BCUT2D eigenvalue weighted by Crippen LogP contribution is 2.38. The maximum Gasteiger partial charge on any atom is 0.0462 e. The van der Waals surface area contributed by atoms with Crippen molar-refractivity contribution in [2.24, 2.45) is 0 Å². The predicted octanol–water partition coefficient (Wildman–Crippen LogP) is 4.72. The third kappa shape index (κ3) is 2.00. The molecule has 0 saturated carbocycles. The van der Waals surface area contributed by atoms with Crippen LogP contribution in [0.1, 0.15) is 50.3 Å². The van der Waals surface area contributed by atoms with Gasteiger partial charge in [-0.05, 0) is 50.7 Å². The molecule has 0 spiro atoms. The first-order chi connectivity index (χ1) is 10.3. The summed E-state index contributed by atoms with van der Waals surface area (Å²) >= 11 is 0. The van der Waals surface area contributed by atoms with Crippen molar-refractivity contribution in [1.82, 2.24) is 9.88 Å². The Morgan fingerprint density at radius 3 is 3.00 bits per heavy atom. The Morgan fingerprint density at radius 2 is 2.10 bits per heavy atom. The molecular formula is C19H24N2. The van der Waals surface area contributed by atoms with Crippen molar-refractivity contribution >= 4 is 17.0 Å². The van der Waals surface area contributed by atoms with Gasteiger partial charge in [0, 0.05) is 40.4 Å². The van der Waals surface area contributed by atoms with Crippen LogP contribution in [0.5, 0.6) is 0 Å². The van der Waals surface area contributed by atoms with Gasteiger partial charge in [0.1, 0.15) is 0 Å². The number of piperidine rings is 1. The molecule has 1 N–H and O–H groups in total. The van der Waals surface area contributed by atoms with E-state index in [4.69, 9.17) is 0 Å². The maximum absolute atomic E-state index is 3.65. The van der Waals surface area contributed by atoms with Crippen molar-refractivity contribution in [2.45, 2.75) is 51.0 Å². The van der Waals surface area contributed by atoms with Crippen LogP contribution in [-0.2, 0) is 6.42 Å². The largest absolute Gasteiger partial charge is 0.372 e. The number of nitrogens with zero attached hydrogens (tertiary/aromatic N) is 1. The van der Waals surface area contributed by atoms with Crippen LogP contribution in [0.2, 0.25) is 0 Å². The summed E-state index contributed by atoms with van der Waals surface area (Å²) in [6, 6.07) is 8.68. The van der Waals surface area contributed by atoms with Gasteiger partial charge in [0.25, 0.3) is 0 Å². The smallest absolute Gasteiger partial charge is 0.0462 e. The number of hydrogen-bond acceptors (Lipinski definition) is 1. The topological polar surface area (TPSA) is 19.0 Å². The summed E-state index contributed by atoms with van der Waals surface area (Å²) in [6.45, 7) is 3.59. The molecule has 1 aromatic carbocycles. The predicted molar refractivity (Wildman–Crippen MR) is 89.2 cm³/mol. The van der Waals surface area contributed by atoms with Crippen molar-refractivity contribution in [2.75, 3.05) is 6.54 Å². The Labute approximate surface area is 126 Å². The van der Waals surface area contributed by atoms with Crippen LogP contribution in [-0.4, -0.2) is 22.0 Å². The first kappa shape index (κ1) is 13.0. The van der Waals surface area contributed by atoms with Gasteiger partial charge in [0.15, 0.2) is 0 Å². The summed E-state index contributed by atoms with van der Waals surface area (Å²) in [5, 5.41) is 1.37. The van der Waals surface area contributed by atoms with E-state index < -0.39 is 0 Å². The lowest BCUT2D eigenvalue weighted by Gasteiger charge is -2.47. The van der Waals surface area contributed by atoms with Gasteiger partial charge in [-0.25, -0.2) is 0 Å². The maximum atomic E-state index is 3.65. The molecule has 1 unspecified atom stereocenters. The van der Waals surface area contributed by atoms with E-state index >= 15 is 0 Å². The van der Waals surface area contributed by atoms with E-state index in [1.807, 2.05) is 0 Å². The molecular weight excluding hydrogens is 256 g/mol.